The first-order valence-corrected chi connectivity index (χ1v) is 8.20. The Balaban J connectivity index is 1.80. The summed E-state index contributed by atoms with van der Waals surface area (Å²) in [6.45, 7) is 2.39. The molecule has 1 amide bonds. The fourth-order valence-corrected chi connectivity index (χ4v) is 3.16. The molecular formula is C16H20BrNO3. The highest BCUT2D eigenvalue weighted by Crippen LogP contribution is 2.32. The molecule has 1 atom stereocenters. The summed E-state index contributed by atoms with van der Waals surface area (Å²) in [5, 5.41) is 0. The van der Waals surface area contributed by atoms with E-state index in [1.165, 1.54) is 0 Å². The fraction of sp³-hybridized carbons (Fsp3) is 0.562. The molecule has 0 aromatic heterocycles. The van der Waals surface area contributed by atoms with Crippen molar-refractivity contribution in [2.45, 2.75) is 25.3 Å². The molecule has 3 rings (SSSR count). The van der Waals surface area contributed by atoms with Crippen LogP contribution in [0.1, 0.15) is 29.6 Å². The number of ether oxygens (including phenoxy) is 2. The third kappa shape index (κ3) is 3.40. The number of amides is 1. The summed E-state index contributed by atoms with van der Waals surface area (Å²) in [6, 6.07) is 5.94. The molecule has 1 unspecified atom stereocenters. The van der Waals surface area contributed by atoms with Crippen LogP contribution in [0.25, 0.3) is 0 Å². The molecule has 1 aliphatic heterocycles. The number of nitrogens with zero attached hydrogens (tertiary/aromatic N) is 1. The zero-order chi connectivity index (χ0) is 14.8. The van der Waals surface area contributed by atoms with Crippen LogP contribution >= 0.6 is 15.9 Å². The lowest BCUT2D eigenvalue weighted by atomic mass is 10.1. The standard InChI is InChI=1S/C16H20BrNO3/c1-20-13-4-5-15(17)14(8-13)16(19)18(12-2-3-12)9-11-6-7-21-10-11/h4-5,8,11-12H,2-3,6-7,9-10H2,1H3. The minimum absolute atomic E-state index is 0.0928. The van der Waals surface area contributed by atoms with Crippen LogP contribution in [0.5, 0.6) is 5.75 Å². The number of carbonyl (C=O) groups is 1. The van der Waals surface area contributed by atoms with Gasteiger partial charge in [-0.05, 0) is 53.4 Å². The van der Waals surface area contributed by atoms with Crippen LogP contribution in [0.15, 0.2) is 22.7 Å². The van der Waals surface area contributed by atoms with Crippen LogP contribution in [-0.2, 0) is 4.74 Å². The quantitative estimate of drug-likeness (QED) is 0.816. The number of rotatable bonds is 5. The molecule has 4 nitrogen and oxygen atoms in total. The van der Waals surface area contributed by atoms with E-state index in [0.29, 0.717) is 23.3 Å². The molecule has 1 aromatic rings. The van der Waals surface area contributed by atoms with Gasteiger partial charge in [-0.2, -0.15) is 0 Å². The second-order valence-corrected chi connectivity index (χ2v) is 6.62. The highest BCUT2D eigenvalue weighted by molar-refractivity contribution is 9.10. The molecule has 0 spiro atoms. The Hall–Kier alpha value is -1.07. The Labute approximate surface area is 133 Å². The van der Waals surface area contributed by atoms with Gasteiger partial charge in [-0.15, -0.1) is 0 Å². The summed E-state index contributed by atoms with van der Waals surface area (Å²) in [5.41, 5.74) is 0.681. The van der Waals surface area contributed by atoms with Crippen molar-refractivity contribution in [2.75, 3.05) is 26.9 Å². The average Bonchev–Trinajstić information content (AvgIpc) is 3.21. The van der Waals surface area contributed by atoms with Gasteiger partial charge in [0, 0.05) is 29.6 Å². The fourth-order valence-electron chi connectivity index (χ4n) is 2.74. The molecule has 2 fully saturated rings. The normalized spacial score (nSPS) is 21.3. The zero-order valence-electron chi connectivity index (χ0n) is 12.2. The third-order valence-corrected chi connectivity index (χ3v) is 4.82. The second-order valence-electron chi connectivity index (χ2n) is 5.76. The van der Waals surface area contributed by atoms with Gasteiger partial charge in [-0.25, -0.2) is 0 Å². The SMILES string of the molecule is COc1ccc(Br)c(C(=O)N(CC2CCOC2)C2CC2)c1. The van der Waals surface area contributed by atoms with Crippen molar-refractivity contribution < 1.29 is 14.3 Å². The summed E-state index contributed by atoms with van der Waals surface area (Å²) in [7, 11) is 1.62. The minimum Gasteiger partial charge on any atom is -0.497 e. The van der Waals surface area contributed by atoms with Gasteiger partial charge in [0.15, 0.2) is 0 Å². The van der Waals surface area contributed by atoms with E-state index in [4.69, 9.17) is 9.47 Å². The van der Waals surface area contributed by atoms with E-state index >= 15 is 0 Å². The largest absolute Gasteiger partial charge is 0.497 e. The van der Waals surface area contributed by atoms with E-state index in [1.807, 2.05) is 23.1 Å². The Bertz CT molecular complexity index is 524. The van der Waals surface area contributed by atoms with Gasteiger partial charge in [0.2, 0.25) is 0 Å². The Kier molecular flexibility index (Phi) is 4.50. The van der Waals surface area contributed by atoms with Crippen molar-refractivity contribution in [1.29, 1.82) is 0 Å². The zero-order valence-corrected chi connectivity index (χ0v) is 13.8. The van der Waals surface area contributed by atoms with Crippen LogP contribution in [-0.4, -0.2) is 43.7 Å². The predicted octanol–water partition coefficient (Wildman–Crippen LogP) is 3.10. The maximum absolute atomic E-state index is 12.9. The summed E-state index contributed by atoms with van der Waals surface area (Å²) in [4.78, 5) is 14.9. The lowest BCUT2D eigenvalue weighted by molar-refractivity contribution is 0.0705. The summed E-state index contributed by atoms with van der Waals surface area (Å²) >= 11 is 3.48. The summed E-state index contributed by atoms with van der Waals surface area (Å²) in [6.07, 6.45) is 3.28. The molecule has 1 saturated heterocycles. The molecule has 21 heavy (non-hydrogen) atoms. The molecule has 2 aliphatic rings. The van der Waals surface area contributed by atoms with E-state index in [-0.39, 0.29) is 5.91 Å². The molecular weight excluding hydrogens is 334 g/mol. The number of carbonyl (C=O) groups excluding carboxylic acids is 1. The van der Waals surface area contributed by atoms with Gasteiger partial charge < -0.3 is 14.4 Å². The van der Waals surface area contributed by atoms with Crippen LogP contribution in [0.3, 0.4) is 0 Å². The second kappa shape index (κ2) is 6.36. The van der Waals surface area contributed by atoms with Crippen LogP contribution < -0.4 is 4.74 Å². The molecule has 1 saturated carbocycles. The monoisotopic (exact) mass is 353 g/mol. The predicted molar refractivity (Wildman–Crippen MR) is 83.7 cm³/mol. The van der Waals surface area contributed by atoms with Gasteiger partial charge in [0.1, 0.15) is 5.75 Å². The van der Waals surface area contributed by atoms with Crippen molar-refractivity contribution in [3.63, 3.8) is 0 Å². The first kappa shape index (κ1) is 14.9. The van der Waals surface area contributed by atoms with E-state index in [0.717, 1.165) is 43.5 Å². The number of hydrogen-bond donors (Lipinski definition) is 0. The highest BCUT2D eigenvalue weighted by atomic mass is 79.9. The molecule has 1 aliphatic carbocycles. The van der Waals surface area contributed by atoms with Crippen molar-refractivity contribution >= 4 is 21.8 Å². The van der Waals surface area contributed by atoms with Crippen molar-refractivity contribution in [1.82, 2.24) is 4.90 Å². The smallest absolute Gasteiger partial charge is 0.255 e. The van der Waals surface area contributed by atoms with E-state index < -0.39 is 0 Å². The molecule has 1 aromatic carbocycles. The summed E-state index contributed by atoms with van der Waals surface area (Å²) in [5.74, 6) is 1.27. The van der Waals surface area contributed by atoms with Crippen molar-refractivity contribution in [3.8, 4) is 5.75 Å². The molecule has 5 heteroatoms. The van der Waals surface area contributed by atoms with E-state index in [9.17, 15) is 4.79 Å². The van der Waals surface area contributed by atoms with Crippen LogP contribution in [0.2, 0.25) is 0 Å². The number of hydrogen-bond acceptors (Lipinski definition) is 3. The van der Waals surface area contributed by atoms with Gasteiger partial charge in [0.05, 0.1) is 19.3 Å². The Morgan fingerprint density at radius 3 is 2.86 bits per heavy atom. The topological polar surface area (TPSA) is 38.8 Å². The van der Waals surface area contributed by atoms with Gasteiger partial charge in [0.25, 0.3) is 5.91 Å². The van der Waals surface area contributed by atoms with Gasteiger partial charge in [-0.3, -0.25) is 4.79 Å². The molecule has 0 N–H and O–H groups in total. The van der Waals surface area contributed by atoms with Crippen molar-refractivity contribution in [2.24, 2.45) is 5.92 Å². The molecule has 0 bridgehead atoms. The molecule has 1 heterocycles. The van der Waals surface area contributed by atoms with Crippen LogP contribution in [0.4, 0.5) is 0 Å². The third-order valence-electron chi connectivity index (χ3n) is 4.13. The van der Waals surface area contributed by atoms with Gasteiger partial charge in [-0.1, -0.05) is 0 Å². The van der Waals surface area contributed by atoms with Gasteiger partial charge >= 0.3 is 0 Å². The lowest BCUT2D eigenvalue weighted by Crippen LogP contribution is -2.37. The average molecular weight is 354 g/mol. The lowest BCUT2D eigenvalue weighted by Gasteiger charge is -2.26. The Morgan fingerprint density at radius 2 is 2.24 bits per heavy atom. The maximum Gasteiger partial charge on any atom is 0.255 e. The van der Waals surface area contributed by atoms with Crippen molar-refractivity contribution in [3.05, 3.63) is 28.2 Å². The molecule has 0 radical (unpaired) electrons. The Morgan fingerprint density at radius 1 is 1.43 bits per heavy atom. The first-order valence-electron chi connectivity index (χ1n) is 7.41. The number of benzene rings is 1. The maximum atomic E-state index is 12.9. The summed E-state index contributed by atoms with van der Waals surface area (Å²) < 4.78 is 11.5. The van der Waals surface area contributed by atoms with E-state index in [2.05, 4.69) is 15.9 Å². The highest BCUT2D eigenvalue weighted by Gasteiger charge is 2.35. The number of methoxy groups -OCH3 is 1. The van der Waals surface area contributed by atoms with E-state index in [1.54, 1.807) is 7.11 Å². The minimum atomic E-state index is 0.0928. The first-order chi connectivity index (χ1) is 10.2. The number of halogens is 1. The van der Waals surface area contributed by atoms with Crippen LogP contribution in [0, 0.1) is 5.92 Å². The molecule has 114 valence electrons.